The molecule has 0 saturated carbocycles. The van der Waals surface area contributed by atoms with Gasteiger partial charge in [-0.1, -0.05) is 0 Å². The van der Waals surface area contributed by atoms with Crippen molar-refractivity contribution in [1.29, 1.82) is 0 Å². The molecule has 3 aromatic rings. The van der Waals surface area contributed by atoms with E-state index >= 15 is 0 Å². The van der Waals surface area contributed by atoms with Gasteiger partial charge in [0.15, 0.2) is 5.76 Å². The fourth-order valence-corrected chi connectivity index (χ4v) is 4.06. The van der Waals surface area contributed by atoms with Crippen LogP contribution < -0.4 is 10.6 Å². The lowest BCUT2D eigenvalue weighted by atomic mass is 10.0. The summed E-state index contributed by atoms with van der Waals surface area (Å²) in [5.74, 6) is 1.90. The maximum Gasteiger partial charge on any atom is 0.401 e. The van der Waals surface area contributed by atoms with Crippen molar-refractivity contribution in [2.75, 3.05) is 49.9 Å². The molecule has 176 valence electrons. The monoisotopic (exact) mass is 465 g/mol. The molecular weight excluding hydrogens is 443 g/mol. The van der Waals surface area contributed by atoms with Gasteiger partial charge >= 0.3 is 6.18 Å². The molecule has 14 heteroatoms. The van der Waals surface area contributed by atoms with Crippen LogP contribution in [0.4, 0.5) is 25.1 Å². The molecule has 0 radical (unpaired) electrons. The minimum atomic E-state index is -4.25. The van der Waals surface area contributed by atoms with Crippen LogP contribution in [0.1, 0.15) is 12.2 Å². The number of anilines is 2. The van der Waals surface area contributed by atoms with E-state index in [-0.39, 0.29) is 49.8 Å². The Morgan fingerprint density at radius 2 is 1.91 bits per heavy atom. The molecule has 2 saturated heterocycles. The number of alkyl halides is 3. The summed E-state index contributed by atoms with van der Waals surface area (Å²) in [6.07, 6.45) is -3.65. The lowest BCUT2D eigenvalue weighted by molar-refractivity contribution is -0.152. The molecular formula is C19H22F3N9O2. The van der Waals surface area contributed by atoms with Crippen LogP contribution in [0.3, 0.4) is 0 Å². The molecule has 0 aromatic carbocycles. The van der Waals surface area contributed by atoms with E-state index in [0.717, 1.165) is 0 Å². The van der Waals surface area contributed by atoms with E-state index in [2.05, 4.69) is 20.1 Å². The molecule has 3 aromatic heterocycles. The topological polar surface area (TPSA) is 122 Å². The number of carbonyl (C=O) groups is 1. The number of hydrogen-bond donors (Lipinski definition) is 1. The molecule has 2 N–H and O–H groups in total. The Kier molecular flexibility index (Phi) is 5.11. The molecule has 11 nitrogen and oxygen atoms in total. The number of nitrogens with two attached hydrogens (primary N) is 1. The summed E-state index contributed by atoms with van der Waals surface area (Å²) in [7, 11) is 0. The lowest BCUT2D eigenvalue weighted by Crippen LogP contribution is -2.61. The third-order valence-electron chi connectivity index (χ3n) is 5.83. The van der Waals surface area contributed by atoms with E-state index < -0.39 is 18.8 Å². The number of piperazine rings is 1. The van der Waals surface area contributed by atoms with Crippen LogP contribution in [0.5, 0.6) is 0 Å². The van der Waals surface area contributed by atoms with Crippen molar-refractivity contribution < 1.29 is 22.4 Å². The second-order valence-electron chi connectivity index (χ2n) is 8.15. The third-order valence-corrected chi connectivity index (χ3v) is 5.83. The summed E-state index contributed by atoms with van der Waals surface area (Å²) in [5.41, 5.74) is 6.06. The van der Waals surface area contributed by atoms with Gasteiger partial charge in [-0.15, -0.1) is 5.10 Å². The number of rotatable bonds is 4. The lowest BCUT2D eigenvalue weighted by Gasteiger charge is -2.44. The molecule has 0 spiro atoms. The Labute approximate surface area is 186 Å². The third kappa shape index (κ3) is 4.17. The number of fused-ring (bicyclic) bond motifs is 1. The quantitative estimate of drug-likeness (QED) is 0.600. The molecule has 2 aliphatic heterocycles. The van der Waals surface area contributed by atoms with E-state index in [1.54, 1.807) is 21.9 Å². The Morgan fingerprint density at radius 3 is 2.52 bits per heavy atom. The van der Waals surface area contributed by atoms with Gasteiger partial charge in [-0.2, -0.15) is 32.6 Å². The summed E-state index contributed by atoms with van der Waals surface area (Å²) >= 11 is 0. The van der Waals surface area contributed by atoms with E-state index in [9.17, 15) is 18.0 Å². The van der Waals surface area contributed by atoms with Crippen LogP contribution in [-0.4, -0.2) is 91.8 Å². The summed E-state index contributed by atoms with van der Waals surface area (Å²) in [4.78, 5) is 30.7. The number of furan rings is 1. The van der Waals surface area contributed by atoms with Crippen molar-refractivity contribution in [3.8, 4) is 11.6 Å². The fraction of sp³-hybridized carbons (Fsp3) is 0.526. The Hall–Kier alpha value is -3.42. The molecule has 2 fully saturated rings. The van der Waals surface area contributed by atoms with Gasteiger partial charge in [0.05, 0.1) is 6.54 Å². The normalized spacial score (nSPS) is 19.8. The van der Waals surface area contributed by atoms with Crippen LogP contribution in [0.2, 0.25) is 0 Å². The first-order chi connectivity index (χ1) is 15.7. The molecule has 2 aliphatic rings. The van der Waals surface area contributed by atoms with Crippen molar-refractivity contribution in [3.63, 3.8) is 0 Å². The summed E-state index contributed by atoms with van der Waals surface area (Å²) in [6, 6.07) is 3.05. The summed E-state index contributed by atoms with van der Waals surface area (Å²) < 4.78 is 44.6. The van der Waals surface area contributed by atoms with Crippen molar-refractivity contribution in [1.82, 2.24) is 34.4 Å². The van der Waals surface area contributed by atoms with Crippen molar-refractivity contribution in [3.05, 3.63) is 17.9 Å². The number of hydrogen-bond acceptors (Lipinski definition) is 9. The Morgan fingerprint density at radius 1 is 1.15 bits per heavy atom. The van der Waals surface area contributed by atoms with Crippen LogP contribution in [0.15, 0.2) is 16.5 Å². The first-order valence-electron chi connectivity index (χ1n) is 10.5. The van der Waals surface area contributed by atoms with Gasteiger partial charge < -0.3 is 20.0 Å². The molecule has 0 aliphatic carbocycles. The Balaban J connectivity index is 1.30. The number of aromatic nitrogens is 5. The fourth-order valence-electron chi connectivity index (χ4n) is 4.06. The second kappa shape index (κ2) is 7.86. The van der Waals surface area contributed by atoms with Gasteiger partial charge in [0.1, 0.15) is 11.8 Å². The highest BCUT2D eigenvalue weighted by atomic mass is 19.4. The second-order valence-corrected chi connectivity index (χ2v) is 8.15. The first kappa shape index (κ1) is 21.4. The van der Waals surface area contributed by atoms with Gasteiger partial charge in [0.25, 0.3) is 5.78 Å². The molecule has 33 heavy (non-hydrogen) atoms. The van der Waals surface area contributed by atoms with E-state index in [1.165, 1.54) is 9.42 Å². The van der Waals surface area contributed by atoms with Crippen LogP contribution in [0.25, 0.3) is 17.4 Å². The number of carbonyl (C=O) groups excluding carboxylic acids is 1. The number of aryl methyl sites for hydroxylation is 1. The molecule has 5 heterocycles. The summed E-state index contributed by atoms with van der Waals surface area (Å²) in [5, 5.41) is 4.28. The minimum absolute atomic E-state index is 0.0656. The minimum Gasteiger partial charge on any atom is -0.458 e. The van der Waals surface area contributed by atoms with E-state index in [1.807, 2.05) is 6.92 Å². The molecule has 1 amide bonds. The van der Waals surface area contributed by atoms with Gasteiger partial charge in [-0.3, -0.25) is 9.69 Å². The number of amides is 1. The average molecular weight is 465 g/mol. The average Bonchev–Trinajstić information content (AvgIpc) is 3.33. The maximum atomic E-state index is 13.0. The highest BCUT2D eigenvalue weighted by Gasteiger charge is 2.40. The summed E-state index contributed by atoms with van der Waals surface area (Å²) in [6.45, 7) is 2.26. The van der Waals surface area contributed by atoms with Gasteiger partial charge in [-0.25, -0.2) is 0 Å². The van der Waals surface area contributed by atoms with Crippen molar-refractivity contribution >= 4 is 23.6 Å². The first-order valence-corrected chi connectivity index (χ1v) is 10.5. The predicted molar refractivity (Wildman–Crippen MR) is 110 cm³/mol. The smallest absolute Gasteiger partial charge is 0.401 e. The van der Waals surface area contributed by atoms with Crippen LogP contribution >= 0.6 is 0 Å². The molecule has 0 unspecified atom stereocenters. The predicted octanol–water partition coefficient (Wildman–Crippen LogP) is 0.955. The van der Waals surface area contributed by atoms with E-state index in [0.29, 0.717) is 30.3 Å². The number of halogens is 3. The van der Waals surface area contributed by atoms with Crippen molar-refractivity contribution in [2.24, 2.45) is 0 Å². The van der Waals surface area contributed by atoms with E-state index in [4.69, 9.17) is 10.2 Å². The van der Waals surface area contributed by atoms with Crippen LogP contribution in [0, 0.1) is 6.92 Å². The molecule has 0 bridgehead atoms. The molecule has 1 atom stereocenters. The van der Waals surface area contributed by atoms with Gasteiger partial charge in [-0.05, 0) is 25.5 Å². The molecule has 5 rings (SSSR count). The number of nitrogens with zero attached hydrogens (tertiary/aromatic N) is 8. The number of nitrogen functional groups attached to an aromatic ring is 1. The zero-order valence-electron chi connectivity index (χ0n) is 17.8. The highest BCUT2D eigenvalue weighted by Crippen LogP contribution is 2.27. The largest absolute Gasteiger partial charge is 0.458 e. The zero-order chi connectivity index (χ0) is 23.3. The Bertz CT molecular complexity index is 1180. The standard InChI is InChI=1S/C19H22F3N9O2/c1-11-2-3-13(33-11)14-24-18-26-17(25-16(23)31(18)27-14)30-5-4-12(30)15(32)29-8-6-28(7-9-29)10-19(20,21)22/h2-3,12H,4-10H2,1H3,(H2,23,24,25,26,27)/t12-/m0/s1. The SMILES string of the molecule is Cc1ccc(-c2nc3nc(N4CC[C@H]4C(=O)N4CCN(CC(F)(F)F)CC4)nc(N)n3n2)o1. The van der Waals surface area contributed by atoms with Gasteiger partial charge in [0.2, 0.25) is 23.6 Å². The maximum absolute atomic E-state index is 13.0. The highest BCUT2D eigenvalue weighted by molar-refractivity contribution is 5.86. The van der Waals surface area contributed by atoms with Crippen LogP contribution in [-0.2, 0) is 4.79 Å². The zero-order valence-corrected chi connectivity index (χ0v) is 17.8. The van der Waals surface area contributed by atoms with Gasteiger partial charge in [0, 0.05) is 32.7 Å². The van der Waals surface area contributed by atoms with Crippen molar-refractivity contribution in [2.45, 2.75) is 25.6 Å².